The number of carbonyl (C=O) groups is 1. The van der Waals surface area contributed by atoms with E-state index in [9.17, 15) is 18.0 Å². The van der Waals surface area contributed by atoms with Gasteiger partial charge in [-0.1, -0.05) is 0 Å². The Bertz CT molecular complexity index is 476. The molecular formula is C12H12F3N3O. The van der Waals surface area contributed by atoms with Crippen molar-refractivity contribution in [2.24, 2.45) is 0 Å². The summed E-state index contributed by atoms with van der Waals surface area (Å²) in [4.78, 5) is 12.9. The van der Waals surface area contributed by atoms with Crippen LogP contribution in [0.15, 0.2) is 24.3 Å². The molecule has 0 heterocycles. The average Bonchev–Trinajstić information content (AvgIpc) is 2.35. The monoisotopic (exact) mass is 271 g/mol. The Morgan fingerprint density at radius 1 is 1.37 bits per heavy atom. The lowest BCUT2D eigenvalue weighted by molar-refractivity contribution is -0.137. The first kappa shape index (κ1) is 14.8. The number of nitriles is 1. The highest BCUT2D eigenvalue weighted by Crippen LogP contribution is 2.29. The van der Waals surface area contributed by atoms with Gasteiger partial charge in [0.25, 0.3) is 0 Å². The van der Waals surface area contributed by atoms with Crippen molar-refractivity contribution in [2.45, 2.75) is 13.1 Å². The van der Waals surface area contributed by atoms with Gasteiger partial charge in [0.15, 0.2) is 0 Å². The summed E-state index contributed by atoms with van der Waals surface area (Å²) < 4.78 is 37.0. The van der Waals surface area contributed by atoms with Gasteiger partial charge in [0.05, 0.1) is 11.6 Å². The van der Waals surface area contributed by atoms with Crippen LogP contribution >= 0.6 is 0 Å². The van der Waals surface area contributed by atoms with Gasteiger partial charge in [0.2, 0.25) is 0 Å². The van der Waals surface area contributed by atoms with Gasteiger partial charge < -0.3 is 10.2 Å². The Morgan fingerprint density at radius 2 is 1.95 bits per heavy atom. The Morgan fingerprint density at radius 3 is 2.37 bits per heavy atom. The van der Waals surface area contributed by atoms with E-state index in [2.05, 4.69) is 5.32 Å². The fourth-order valence-corrected chi connectivity index (χ4v) is 1.36. The van der Waals surface area contributed by atoms with Crippen molar-refractivity contribution in [2.75, 3.05) is 18.4 Å². The number of hydrogen-bond acceptors (Lipinski definition) is 2. The molecule has 0 atom stereocenters. The molecule has 4 nitrogen and oxygen atoms in total. The highest BCUT2D eigenvalue weighted by atomic mass is 19.4. The van der Waals surface area contributed by atoms with Crippen molar-refractivity contribution in [1.82, 2.24) is 4.90 Å². The molecule has 0 aromatic heterocycles. The standard InChI is InChI=1S/C12H12F3N3O/c1-2-18(8-7-16)11(19)17-10-5-3-9(4-6-10)12(13,14)15/h3-6H,2,8H2,1H3,(H,17,19). The zero-order valence-corrected chi connectivity index (χ0v) is 10.2. The summed E-state index contributed by atoms with van der Waals surface area (Å²) in [5, 5.41) is 10.9. The van der Waals surface area contributed by atoms with E-state index in [1.807, 2.05) is 6.07 Å². The lowest BCUT2D eigenvalue weighted by Gasteiger charge is -2.18. The zero-order valence-electron chi connectivity index (χ0n) is 10.2. The molecule has 0 aliphatic rings. The number of nitrogens with one attached hydrogen (secondary N) is 1. The summed E-state index contributed by atoms with van der Waals surface area (Å²) in [5.74, 6) is 0. The lowest BCUT2D eigenvalue weighted by Crippen LogP contribution is -2.35. The van der Waals surface area contributed by atoms with Crippen LogP contribution in [0.4, 0.5) is 23.7 Å². The molecule has 0 fully saturated rings. The minimum Gasteiger partial charge on any atom is -0.311 e. The first-order valence-corrected chi connectivity index (χ1v) is 5.48. The summed E-state index contributed by atoms with van der Waals surface area (Å²) in [6.45, 7) is 1.95. The van der Waals surface area contributed by atoms with E-state index in [0.717, 1.165) is 12.1 Å². The second-order valence-corrected chi connectivity index (χ2v) is 3.68. The van der Waals surface area contributed by atoms with E-state index in [4.69, 9.17) is 5.26 Å². The number of rotatable bonds is 3. The van der Waals surface area contributed by atoms with Gasteiger partial charge >= 0.3 is 12.2 Å². The molecule has 0 bridgehead atoms. The zero-order chi connectivity index (χ0) is 14.5. The van der Waals surface area contributed by atoms with E-state index in [1.54, 1.807) is 6.92 Å². The molecule has 0 aliphatic carbocycles. The number of alkyl halides is 3. The molecule has 0 aliphatic heterocycles. The second-order valence-electron chi connectivity index (χ2n) is 3.68. The second kappa shape index (κ2) is 6.09. The van der Waals surface area contributed by atoms with Gasteiger partial charge in [0.1, 0.15) is 6.54 Å². The van der Waals surface area contributed by atoms with Crippen LogP contribution in [0.2, 0.25) is 0 Å². The lowest BCUT2D eigenvalue weighted by atomic mass is 10.2. The van der Waals surface area contributed by atoms with Crippen molar-refractivity contribution in [3.63, 3.8) is 0 Å². The molecule has 0 spiro atoms. The van der Waals surface area contributed by atoms with Gasteiger partial charge in [-0.05, 0) is 31.2 Å². The molecule has 1 N–H and O–H groups in total. The molecule has 102 valence electrons. The third-order valence-corrected chi connectivity index (χ3v) is 2.39. The smallest absolute Gasteiger partial charge is 0.311 e. The normalized spacial score (nSPS) is 10.7. The third-order valence-electron chi connectivity index (χ3n) is 2.39. The van der Waals surface area contributed by atoms with Crippen LogP contribution in [-0.4, -0.2) is 24.0 Å². The van der Waals surface area contributed by atoms with Crippen LogP contribution < -0.4 is 5.32 Å². The predicted molar refractivity (Wildman–Crippen MR) is 63.3 cm³/mol. The third kappa shape index (κ3) is 4.17. The van der Waals surface area contributed by atoms with E-state index in [0.29, 0.717) is 6.54 Å². The topological polar surface area (TPSA) is 56.1 Å². The van der Waals surface area contributed by atoms with Gasteiger partial charge in [-0.25, -0.2) is 4.79 Å². The molecule has 0 radical (unpaired) electrons. The van der Waals surface area contributed by atoms with E-state index in [-0.39, 0.29) is 12.2 Å². The molecule has 0 unspecified atom stereocenters. The van der Waals surface area contributed by atoms with Crippen molar-refractivity contribution >= 4 is 11.7 Å². The number of hydrogen-bond donors (Lipinski definition) is 1. The highest BCUT2D eigenvalue weighted by Gasteiger charge is 2.30. The van der Waals surface area contributed by atoms with Gasteiger partial charge in [0, 0.05) is 12.2 Å². The Balaban J connectivity index is 2.73. The Labute approximate surface area is 108 Å². The van der Waals surface area contributed by atoms with E-state index >= 15 is 0 Å². The molecule has 1 rings (SSSR count). The maximum absolute atomic E-state index is 12.3. The van der Waals surface area contributed by atoms with Crippen LogP contribution in [0.25, 0.3) is 0 Å². The quantitative estimate of drug-likeness (QED) is 0.859. The maximum Gasteiger partial charge on any atom is 0.416 e. The van der Waals surface area contributed by atoms with Gasteiger partial charge in [-0.15, -0.1) is 0 Å². The minimum atomic E-state index is -4.40. The fourth-order valence-electron chi connectivity index (χ4n) is 1.36. The van der Waals surface area contributed by atoms with Gasteiger partial charge in [-0.3, -0.25) is 0 Å². The Hall–Kier alpha value is -2.23. The predicted octanol–water partition coefficient (Wildman–Crippen LogP) is 3.08. The SMILES string of the molecule is CCN(CC#N)C(=O)Nc1ccc(C(F)(F)F)cc1. The largest absolute Gasteiger partial charge is 0.416 e. The van der Waals surface area contributed by atoms with Crippen LogP contribution in [0, 0.1) is 11.3 Å². The number of urea groups is 1. The first-order valence-electron chi connectivity index (χ1n) is 5.48. The molecule has 0 saturated carbocycles. The van der Waals surface area contributed by atoms with Crippen molar-refractivity contribution in [3.8, 4) is 6.07 Å². The van der Waals surface area contributed by atoms with Gasteiger partial charge in [-0.2, -0.15) is 18.4 Å². The molecule has 19 heavy (non-hydrogen) atoms. The van der Waals surface area contributed by atoms with Crippen molar-refractivity contribution in [3.05, 3.63) is 29.8 Å². The highest BCUT2D eigenvalue weighted by molar-refractivity contribution is 5.89. The van der Waals surface area contributed by atoms with Crippen LogP contribution in [0.3, 0.4) is 0 Å². The molecule has 2 amide bonds. The summed E-state index contributed by atoms with van der Waals surface area (Å²) in [6.07, 6.45) is -4.40. The van der Waals surface area contributed by atoms with E-state index < -0.39 is 17.8 Å². The summed E-state index contributed by atoms with van der Waals surface area (Å²) >= 11 is 0. The Kier molecular flexibility index (Phi) is 4.75. The van der Waals surface area contributed by atoms with E-state index in [1.165, 1.54) is 17.0 Å². The number of anilines is 1. The first-order chi connectivity index (χ1) is 8.88. The fraction of sp³-hybridized carbons (Fsp3) is 0.333. The maximum atomic E-state index is 12.3. The van der Waals surface area contributed by atoms with Crippen LogP contribution in [-0.2, 0) is 6.18 Å². The number of amides is 2. The van der Waals surface area contributed by atoms with Crippen LogP contribution in [0.5, 0.6) is 0 Å². The summed E-state index contributed by atoms with van der Waals surface area (Å²) in [7, 11) is 0. The molecule has 1 aromatic carbocycles. The number of carbonyl (C=O) groups excluding carboxylic acids is 1. The summed E-state index contributed by atoms with van der Waals surface area (Å²) in [6, 6.07) is 5.41. The van der Waals surface area contributed by atoms with Crippen molar-refractivity contribution < 1.29 is 18.0 Å². The number of halogens is 3. The molecule has 0 saturated heterocycles. The molecular weight excluding hydrogens is 259 g/mol. The average molecular weight is 271 g/mol. The molecule has 1 aromatic rings. The van der Waals surface area contributed by atoms with Crippen molar-refractivity contribution in [1.29, 1.82) is 5.26 Å². The number of nitrogens with zero attached hydrogens (tertiary/aromatic N) is 2. The summed E-state index contributed by atoms with van der Waals surface area (Å²) in [5.41, 5.74) is -0.538. The number of benzene rings is 1. The minimum absolute atomic E-state index is 0.0804. The van der Waals surface area contributed by atoms with Crippen LogP contribution in [0.1, 0.15) is 12.5 Å². The molecule has 7 heteroatoms.